The highest BCUT2D eigenvalue weighted by molar-refractivity contribution is 5.87. The van der Waals surface area contributed by atoms with E-state index in [1.807, 2.05) is 4.90 Å². The molecule has 6 nitrogen and oxygen atoms in total. The molecule has 0 radical (unpaired) electrons. The molecule has 0 unspecified atom stereocenters. The van der Waals surface area contributed by atoms with Crippen LogP contribution in [0.2, 0.25) is 0 Å². The van der Waals surface area contributed by atoms with Crippen LogP contribution in [0.1, 0.15) is 44.1 Å². The molecule has 3 saturated heterocycles. The molecule has 2 atom stereocenters. The molecule has 5 rings (SSSR count). The topological polar surface area (TPSA) is 53.1 Å². The lowest BCUT2D eigenvalue weighted by Gasteiger charge is -2.47. The second-order valence-corrected chi connectivity index (χ2v) is 9.78. The van der Waals surface area contributed by atoms with Crippen LogP contribution in [0.3, 0.4) is 0 Å². The Hall–Kier alpha value is -2.60. The van der Waals surface area contributed by atoms with Gasteiger partial charge in [0.05, 0.1) is 7.11 Å². The average molecular weight is 450 g/mol. The van der Waals surface area contributed by atoms with Gasteiger partial charge in [0.2, 0.25) is 11.8 Å². The third-order valence-corrected chi connectivity index (χ3v) is 7.83. The van der Waals surface area contributed by atoms with Crippen molar-refractivity contribution < 1.29 is 14.3 Å². The Morgan fingerprint density at radius 2 is 1.85 bits per heavy atom. The Labute approximate surface area is 196 Å². The van der Waals surface area contributed by atoms with E-state index in [0.717, 1.165) is 70.7 Å². The van der Waals surface area contributed by atoms with E-state index in [1.54, 1.807) is 7.11 Å². The molecule has 0 N–H and O–H groups in total. The van der Waals surface area contributed by atoms with E-state index in [1.165, 1.54) is 16.3 Å². The Bertz CT molecular complexity index is 1020. The van der Waals surface area contributed by atoms with Crippen molar-refractivity contribution in [3.63, 3.8) is 0 Å². The minimum atomic E-state index is 0.273. The number of benzene rings is 2. The first-order valence-corrected chi connectivity index (χ1v) is 12.5. The van der Waals surface area contributed by atoms with E-state index in [0.29, 0.717) is 30.7 Å². The summed E-state index contributed by atoms with van der Waals surface area (Å²) in [6.45, 7) is 5.32. The summed E-state index contributed by atoms with van der Waals surface area (Å²) in [7, 11) is 1.75. The minimum absolute atomic E-state index is 0.273. The van der Waals surface area contributed by atoms with E-state index in [-0.39, 0.29) is 5.91 Å². The maximum absolute atomic E-state index is 12.8. The molecule has 0 aliphatic carbocycles. The standard InChI is InChI=1S/C27H35N3O3/c1-33-25-11-9-20-6-2-3-7-22(20)23(25)19-28-17-13-24-21(18-28)10-12-27(32)30(24)16-5-15-29-14-4-8-26(29)31/h2-3,6-7,9,11,21,24H,4-5,8,10,12-19H2,1H3/t21-,24+/m1/s1. The molecular weight excluding hydrogens is 414 g/mol. The van der Waals surface area contributed by atoms with Crippen LogP contribution in [-0.2, 0) is 16.1 Å². The number of hydrogen-bond donors (Lipinski definition) is 0. The summed E-state index contributed by atoms with van der Waals surface area (Å²) in [6.07, 6.45) is 5.20. The van der Waals surface area contributed by atoms with Gasteiger partial charge in [0, 0.05) is 63.7 Å². The summed E-state index contributed by atoms with van der Waals surface area (Å²) in [4.78, 5) is 31.3. The average Bonchev–Trinajstić information content (AvgIpc) is 3.25. The van der Waals surface area contributed by atoms with Gasteiger partial charge < -0.3 is 14.5 Å². The molecule has 0 spiro atoms. The monoisotopic (exact) mass is 449 g/mol. The van der Waals surface area contributed by atoms with Crippen LogP contribution in [0.25, 0.3) is 10.8 Å². The fourth-order valence-corrected chi connectivity index (χ4v) is 6.13. The Morgan fingerprint density at radius 3 is 2.67 bits per heavy atom. The van der Waals surface area contributed by atoms with Crippen LogP contribution in [0.4, 0.5) is 0 Å². The molecule has 2 amide bonds. The van der Waals surface area contributed by atoms with Crippen molar-refractivity contribution in [3.05, 3.63) is 42.0 Å². The van der Waals surface area contributed by atoms with Gasteiger partial charge in [-0.25, -0.2) is 0 Å². The minimum Gasteiger partial charge on any atom is -0.496 e. The van der Waals surface area contributed by atoms with Crippen molar-refractivity contribution in [2.24, 2.45) is 5.92 Å². The summed E-state index contributed by atoms with van der Waals surface area (Å²) in [5.41, 5.74) is 1.26. The van der Waals surface area contributed by atoms with Gasteiger partial charge in [0.15, 0.2) is 0 Å². The molecule has 176 valence electrons. The normalized spacial score (nSPS) is 23.9. The fourth-order valence-electron chi connectivity index (χ4n) is 6.13. The number of nitrogens with zero attached hydrogens (tertiary/aromatic N) is 3. The maximum atomic E-state index is 12.8. The zero-order chi connectivity index (χ0) is 22.8. The molecule has 2 aromatic carbocycles. The number of amides is 2. The molecule has 0 aromatic heterocycles. The van der Waals surface area contributed by atoms with Gasteiger partial charge in [-0.05, 0) is 48.4 Å². The number of carbonyl (C=O) groups excluding carboxylic acids is 2. The number of piperidine rings is 2. The second-order valence-electron chi connectivity index (χ2n) is 9.78. The fraction of sp³-hybridized carbons (Fsp3) is 0.556. The number of methoxy groups -OCH3 is 1. The Kier molecular flexibility index (Phi) is 6.54. The van der Waals surface area contributed by atoms with Crippen molar-refractivity contribution >= 4 is 22.6 Å². The largest absolute Gasteiger partial charge is 0.496 e. The number of carbonyl (C=O) groups is 2. The summed E-state index contributed by atoms with van der Waals surface area (Å²) in [6, 6.07) is 13.1. The molecular formula is C27H35N3O3. The number of ether oxygens (including phenoxy) is 1. The van der Waals surface area contributed by atoms with Gasteiger partial charge >= 0.3 is 0 Å². The van der Waals surface area contributed by atoms with Crippen molar-refractivity contribution in [2.45, 2.75) is 51.1 Å². The van der Waals surface area contributed by atoms with Crippen LogP contribution in [-0.4, -0.2) is 72.4 Å². The highest BCUT2D eigenvalue weighted by Crippen LogP contribution is 2.34. The van der Waals surface area contributed by atoms with Gasteiger partial charge in [-0.1, -0.05) is 30.3 Å². The third kappa shape index (κ3) is 4.58. The number of fused-ring (bicyclic) bond motifs is 2. The van der Waals surface area contributed by atoms with Crippen molar-refractivity contribution in [2.75, 3.05) is 39.8 Å². The van der Waals surface area contributed by atoms with Gasteiger partial charge in [-0.2, -0.15) is 0 Å². The molecule has 0 saturated carbocycles. The van der Waals surface area contributed by atoms with Crippen LogP contribution < -0.4 is 4.74 Å². The Balaban J connectivity index is 1.24. The van der Waals surface area contributed by atoms with Crippen LogP contribution >= 0.6 is 0 Å². The highest BCUT2D eigenvalue weighted by Gasteiger charge is 2.39. The Morgan fingerprint density at radius 1 is 0.970 bits per heavy atom. The third-order valence-electron chi connectivity index (χ3n) is 7.83. The summed E-state index contributed by atoms with van der Waals surface area (Å²) < 4.78 is 5.72. The SMILES string of the molecule is COc1ccc2ccccc2c1CN1CC[C@H]2[C@H](CCC(=O)N2CCCN2CCCC2=O)C1. The van der Waals surface area contributed by atoms with Crippen molar-refractivity contribution in [1.82, 2.24) is 14.7 Å². The van der Waals surface area contributed by atoms with Crippen LogP contribution in [0.15, 0.2) is 36.4 Å². The zero-order valence-electron chi connectivity index (χ0n) is 19.7. The number of likely N-dealkylation sites (tertiary alicyclic amines) is 3. The van der Waals surface area contributed by atoms with Crippen LogP contribution in [0.5, 0.6) is 5.75 Å². The predicted molar refractivity (Wildman–Crippen MR) is 129 cm³/mol. The molecule has 2 aromatic rings. The number of hydrogen-bond acceptors (Lipinski definition) is 4. The predicted octanol–water partition coefficient (Wildman–Crippen LogP) is 3.67. The molecule has 6 heteroatoms. The summed E-state index contributed by atoms with van der Waals surface area (Å²) in [5, 5.41) is 2.50. The van der Waals surface area contributed by atoms with E-state index < -0.39 is 0 Å². The lowest BCUT2D eigenvalue weighted by Crippen LogP contribution is -2.56. The van der Waals surface area contributed by atoms with Crippen LogP contribution in [0, 0.1) is 5.92 Å². The van der Waals surface area contributed by atoms with Gasteiger partial charge in [0.25, 0.3) is 0 Å². The van der Waals surface area contributed by atoms with Gasteiger partial charge in [-0.3, -0.25) is 14.5 Å². The summed E-state index contributed by atoms with van der Waals surface area (Å²) >= 11 is 0. The molecule has 3 aliphatic heterocycles. The van der Waals surface area contributed by atoms with E-state index in [2.05, 4.69) is 46.2 Å². The van der Waals surface area contributed by atoms with E-state index in [4.69, 9.17) is 4.74 Å². The second kappa shape index (κ2) is 9.72. The maximum Gasteiger partial charge on any atom is 0.222 e. The quantitative estimate of drug-likeness (QED) is 0.647. The first-order chi connectivity index (χ1) is 16.1. The smallest absolute Gasteiger partial charge is 0.222 e. The van der Waals surface area contributed by atoms with Crippen molar-refractivity contribution in [3.8, 4) is 5.75 Å². The number of rotatable bonds is 7. The molecule has 0 bridgehead atoms. The zero-order valence-corrected chi connectivity index (χ0v) is 19.7. The summed E-state index contributed by atoms with van der Waals surface area (Å²) in [5.74, 6) is 2.04. The molecule has 3 fully saturated rings. The molecule has 33 heavy (non-hydrogen) atoms. The lowest BCUT2D eigenvalue weighted by molar-refractivity contribution is -0.141. The van der Waals surface area contributed by atoms with Crippen molar-refractivity contribution in [1.29, 1.82) is 0 Å². The molecule has 3 aliphatic rings. The van der Waals surface area contributed by atoms with E-state index in [9.17, 15) is 9.59 Å². The first kappa shape index (κ1) is 22.2. The first-order valence-electron chi connectivity index (χ1n) is 12.5. The van der Waals surface area contributed by atoms with E-state index >= 15 is 0 Å². The van der Waals surface area contributed by atoms with Gasteiger partial charge in [-0.15, -0.1) is 0 Å². The van der Waals surface area contributed by atoms with Gasteiger partial charge in [0.1, 0.15) is 5.75 Å². The molecule has 3 heterocycles. The lowest BCUT2D eigenvalue weighted by atomic mass is 9.83. The highest BCUT2D eigenvalue weighted by atomic mass is 16.5.